The highest BCUT2D eigenvalue weighted by molar-refractivity contribution is 5.85. The maximum atomic E-state index is 12.3. The Balaban J connectivity index is 0.00000132. The molecule has 0 aliphatic carbocycles. The molecule has 2 N–H and O–H groups in total. The van der Waals surface area contributed by atoms with E-state index >= 15 is 0 Å². The van der Waals surface area contributed by atoms with E-state index in [1.807, 2.05) is 6.07 Å². The van der Waals surface area contributed by atoms with Crippen molar-refractivity contribution in [2.45, 2.75) is 44.2 Å². The Kier molecular flexibility index (Phi) is 8.74. The predicted molar refractivity (Wildman–Crippen MR) is 100.0 cm³/mol. The van der Waals surface area contributed by atoms with Crippen LogP contribution in [-0.2, 0) is 4.79 Å². The second kappa shape index (κ2) is 10.0. The van der Waals surface area contributed by atoms with Crippen molar-refractivity contribution in [3.8, 4) is 0 Å². The molecule has 6 heteroatoms. The van der Waals surface area contributed by atoms with Crippen LogP contribution in [-0.4, -0.2) is 37.6 Å². The SMILES string of the molecule is Cl.Cl.O=C(NC1CCCN(c2ccccc2)C1)[C@H]1CCCCN1. The summed E-state index contributed by atoms with van der Waals surface area (Å²) in [5, 5.41) is 6.57. The van der Waals surface area contributed by atoms with Crippen LogP contribution in [0.4, 0.5) is 5.69 Å². The molecular weight excluding hydrogens is 333 g/mol. The van der Waals surface area contributed by atoms with Crippen molar-refractivity contribution in [3.63, 3.8) is 0 Å². The van der Waals surface area contributed by atoms with Gasteiger partial charge in [-0.2, -0.15) is 0 Å². The summed E-state index contributed by atoms with van der Waals surface area (Å²) in [5.41, 5.74) is 1.26. The molecule has 23 heavy (non-hydrogen) atoms. The van der Waals surface area contributed by atoms with Crippen molar-refractivity contribution in [3.05, 3.63) is 30.3 Å². The Morgan fingerprint density at radius 3 is 2.57 bits per heavy atom. The Bertz CT molecular complexity index is 466. The molecule has 130 valence electrons. The number of para-hydroxylation sites is 1. The molecule has 2 fully saturated rings. The van der Waals surface area contributed by atoms with Crippen molar-refractivity contribution in [1.29, 1.82) is 0 Å². The van der Waals surface area contributed by atoms with Gasteiger partial charge in [0.25, 0.3) is 0 Å². The van der Waals surface area contributed by atoms with Gasteiger partial charge in [-0.3, -0.25) is 4.79 Å². The maximum Gasteiger partial charge on any atom is 0.237 e. The molecule has 3 rings (SSSR count). The average molecular weight is 360 g/mol. The fraction of sp³-hybridized carbons (Fsp3) is 0.588. The van der Waals surface area contributed by atoms with Crippen LogP contribution in [0.3, 0.4) is 0 Å². The lowest BCUT2D eigenvalue weighted by Crippen LogP contribution is -2.54. The number of carbonyl (C=O) groups is 1. The third kappa shape index (κ3) is 5.55. The van der Waals surface area contributed by atoms with Gasteiger partial charge in [-0.05, 0) is 44.4 Å². The number of hydrogen-bond donors (Lipinski definition) is 2. The average Bonchev–Trinajstić information content (AvgIpc) is 2.57. The number of piperidine rings is 2. The van der Waals surface area contributed by atoms with E-state index in [9.17, 15) is 4.79 Å². The van der Waals surface area contributed by atoms with Gasteiger partial charge in [-0.15, -0.1) is 24.8 Å². The van der Waals surface area contributed by atoms with Gasteiger partial charge in [0.15, 0.2) is 0 Å². The monoisotopic (exact) mass is 359 g/mol. The summed E-state index contributed by atoms with van der Waals surface area (Å²) in [7, 11) is 0. The normalized spacial score (nSPS) is 24.1. The van der Waals surface area contributed by atoms with Gasteiger partial charge in [0.05, 0.1) is 6.04 Å². The first-order valence-corrected chi connectivity index (χ1v) is 8.17. The molecule has 1 aromatic rings. The van der Waals surface area contributed by atoms with E-state index in [1.54, 1.807) is 0 Å². The van der Waals surface area contributed by atoms with Crippen LogP contribution in [0.2, 0.25) is 0 Å². The smallest absolute Gasteiger partial charge is 0.237 e. The lowest BCUT2D eigenvalue weighted by Gasteiger charge is -2.35. The minimum absolute atomic E-state index is 0. The van der Waals surface area contributed by atoms with Gasteiger partial charge >= 0.3 is 0 Å². The first-order valence-electron chi connectivity index (χ1n) is 8.17. The highest BCUT2D eigenvalue weighted by atomic mass is 35.5. The van der Waals surface area contributed by atoms with Crippen molar-refractivity contribution >= 4 is 36.4 Å². The molecule has 0 aromatic heterocycles. The van der Waals surface area contributed by atoms with E-state index in [0.717, 1.165) is 45.3 Å². The van der Waals surface area contributed by atoms with Crippen molar-refractivity contribution in [2.24, 2.45) is 0 Å². The number of hydrogen-bond acceptors (Lipinski definition) is 3. The van der Waals surface area contributed by atoms with E-state index < -0.39 is 0 Å². The lowest BCUT2D eigenvalue weighted by atomic mass is 10.0. The molecule has 0 saturated carbocycles. The molecule has 1 unspecified atom stereocenters. The summed E-state index contributed by atoms with van der Waals surface area (Å²) in [6, 6.07) is 10.8. The number of nitrogens with zero attached hydrogens (tertiary/aromatic N) is 1. The van der Waals surface area contributed by atoms with E-state index in [1.165, 1.54) is 12.1 Å². The number of benzene rings is 1. The highest BCUT2D eigenvalue weighted by Crippen LogP contribution is 2.19. The molecule has 0 spiro atoms. The molecule has 2 saturated heterocycles. The summed E-state index contributed by atoms with van der Waals surface area (Å²) in [6.07, 6.45) is 5.54. The molecule has 2 aliphatic heterocycles. The second-order valence-electron chi connectivity index (χ2n) is 6.13. The largest absolute Gasteiger partial charge is 0.369 e. The summed E-state index contributed by atoms with van der Waals surface area (Å²) < 4.78 is 0. The Morgan fingerprint density at radius 1 is 1.09 bits per heavy atom. The van der Waals surface area contributed by atoms with Crippen LogP contribution in [0.15, 0.2) is 30.3 Å². The number of anilines is 1. The predicted octanol–water partition coefficient (Wildman–Crippen LogP) is 2.76. The number of rotatable bonds is 3. The van der Waals surface area contributed by atoms with Crippen molar-refractivity contribution < 1.29 is 4.79 Å². The standard InChI is InChI=1S/C17H25N3O.2ClH/c21-17(16-10-4-5-11-18-16)19-14-7-6-12-20(13-14)15-8-2-1-3-9-15;;/h1-3,8-9,14,16,18H,4-7,10-13H2,(H,19,21);2*1H/t14?,16-;;/m1../s1. The van der Waals surface area contributed by atoms with Gasteiger partial charge in [0, 0.05) is 24.8 Å². The molecule has 1 amide bonds. The molecule has 2 aliphatic rings. The van der Waals surface area contributed by atoms with Crippen LogP contribution >= 0.6 is 24.8 Å². The van der Waals surface area contributed by atoms with E-state index in [-0.39, 0.29) is 42.8 Å². The zero-order chi connectivity index (χ0) is 14.5. The summed E-state index contributed by atoms with van der Waals surface area (Å²) >= 11 is 0. The third-order valence-corrected chi connectivity index (χ3v) is 4.52. The minimum Gasteiger partial charge on any atom is -0.369 e. The first kappa shape index (κ1) is 20.1. The van der Waals surface area contributed by atoms with Gasteiger partial charge in [0.2, 0.25) is 5.91 Å². The maximum absolute atomic E-state index is 12.3. The van der Waals surface area contributed by atoms with Crippen molar-refractivity contribution in [1.82, 2.24) is 10.6 Å². The zero-order valence-corrected chi connectivity index (χ0v) is 15.0. The molecule has 0 radical (unpaired) electrons. The molecular formula is C17H27Cl2N3O. The fourth-order valence-electron chi connectivity index (χ4n) is 3.35. The van der Waals surface area contributed by atoms with Gasteiger partial charge in [-0.25, -0.2) is 0 Å². The van der Waals surface area contributed by atoms with Gasteiger partial charge in [-0.1, -0.05) is 24.6 Å². The summed E-state index contributed by atoms with van der Waals surface area (Å²) in [4.78, 5) is 14.7. The Hall–Kier alpha value is -0.970. The van der Waals surface area contributed by atoms with Gasteiger partial charge < -0.3 is 15.5 Å². The number of halogens is 2. The number of nitrogens with one attached hydrogen (secondary N) is 2. The van der Waals surface area contributed by atoms with Crippen LogP contribution in [0.5, 0.6) is 0 Å². The van der Waals surface area contributed by atoms with Crippen LogP contribution in [0, 0.1) is 0 Å². The molecule has 4 nitrogen and oxygen atoms in total. The quantitative estimate of drug-likeness (QED) is 0.871. The molecule has 0 bridgehead atoms. The van der Waals surface area contributed by atoms with Crippen LogP contribution in [0.1, 0.15) is 32.1 Å². The highest BCUT2D eigenvalue weighted by Gasteiger charge is 2.26. The lowest BCUT2D eigenvalue weighted by molar-refractivity contribution is -0.124. The summed E-state index contributed by atoms with van der Waals surface area (Å²) in [5.74, 6) is 0.189. The molecule has 2 heterocycles. The zero-order valence-electron chi connectivity index (χ0n) is 13.4. The summed E-state index contributed by atoms with van der Waals surface area (Å²) in [6.45, 7) is 2.97. The minimum atomic E-state index is 0. The first-order chi connectivity index (χ1) is 10.3. The number of carbonyl (C=O) groups excluding carboxylic acids is 1. The van der Waals surface area contributed by atoms with E-state index in [4.69, 9.17) is 0 Å². The number of amides is 1. The van der Waals surface area contributed by atoms with Crippen LogP contribution < -0.4 is 15.5 Å². The third-order valence-electron chi connectivity index (χ3n) is 4.52. The van der Waals surface area contributed by atoms with Gasteiger partial charge in [0.1, 0.15) is 0 Å². The molecule has 1 aromatic carbocycles. The van der Waals surface area contributed by atoms with Crippen LogP contribution in [0.25, 0.3) is 0 Å². The fourth-order valence-corrected chi connectivity index (χ4v) is 3.35. The topological polar surface area (TPSA) is 44.4 Å². The Morgan fingerprint density at radius 2 is 1.87 bits per heavy atom. The second-order valence-corrected chi connectivity index (χ2v) is 6.13. The van der Waals surface area contributed by atoms with Crippen molar-refractivity contribution in [2.75, 3.05) is 24.5 Å². The van der Waals surface area contributed by atoms with E-state index in [2.05, 4.69) is 39.8 Å². The Labute approximate surface area is 151 Å². The van der Waals surface area contributed by atoms with E-state index in [0.29, 0.717) is 0 Å². The molecule has 2 atom stereocenters.